The second-order valence-electron chi connectivity index (χ2n) is 5.28. The third-order valence-corrected chi connectivity index (χ3v) is 3.38. The lowest BCUT2D eigenvalue weighted by molar-refractivity contribution is -0.127. The number of nitrogens with one attached hydrogen (secondary N) is 2. The summed E-state index contributed by atoms with van der Waals surface area (Å²) in [6.07, 6.45) is 2.05. The van der Waals surface area contributed by atoms with Crippen molar-refractivity contribution in [3.05, 3.63) is 28.3 Å². The third-order valence-electron chi connectivity index (χ3n) is 3.16. The predicted octanol–water partition coefficient (Wildman–Crippen LogP) is 1.73. The smallest absolute Gasteiger partial charge is 0.258 e. The highest BCUT2D eigenvalue weighted by Crippen LogP contribution is 2.26. The maximum atomic E-state index is 11.7. The summed E-state index contributed by atoms with van der Waals surface area (Å²) >= 11 is 5.94. The first-order chi connectivity index (χ1) is 9.95. The van der Waals surface area contributed by atoms with Gasteiger partial charge in [0.15, 0.2) is 6.61 Å². The van der Waals surface area contributed by atoms with Crippen molar-refractivity contribution in [3.8, 4) is 5.75 Å². The molecular formula is C15H19ClN2O3. The molecule has 1 aromatic rings. The molecule has 114 valence electrons. The summed E-state index contributed by atoms with van der Waals surface area (Å²) in [5.74, 6) is 0.163. The Labute approximate surface area is 129 Å². The van der Waals surface area contributed by atoms with Gasteiger partial charge in [-0.15, -0.1) is 0 Å². The van der Waals surface area contributed by atoms with Gasteiger partial charge in [-0.3, -0.25) is 9.59 Å². The second-order valence-corrected chi connectivity index (χ2v) is 5.71. The van der Waals surface area contributed by atoms with Gasteiger partial charge in [-0.1, -0.05) is 11.6 Å². The van der Waals surface area contributed by atoms with Gasteiger partial charge < -0.3 is 15.4 Å². The quantitative estimate of drug-likeness (QED) is 0.841. The van der Waals surface area contributed by atoms with Crippen molar-refractivity contribution in [2.75, 3.05) is 13.2 Å². The first-order valence-corrected chi connectivity index (χ1v) is 7.29. The Balaban J connectivity index is 1.77. The van der Waals surface area contributed by atoms with Gasteiger partial charge in [-0.05, 0) is 49.9 Å². The molecule has 1 saturated carbocycles. The van der Waals surface area contributed by atoms with Crippen LogP contribution in [0.5, 0.6) is 5.75 Å². The van der Waals surface area contributed by atoms with E-state index in [0.717, 1.165) is 24.0 Å². The molecule has 2 N–H and O–H groups in total. The van der Waals surface area contributed by atoms with Crippen molar-refractivity contribution in [1.82, 2.24) is 10.6 Å². The average molecular weight is 311 g/mol. The lowest BCUT2D eigenvalue weighted by Gasteiger charge is -2.12. The van der Waals surface area contributed by atoms with E-state index in [0.29, 0.717) is 16.8 Å². The SMILES string of the molecule is Cc1cc(Cl)cc(C)c1OCC(=O)NCC(=O)NC1CC1. The van der Waals surface area contributed by atoms with Crippen molar-refractivity contribution >= 4 is 23.4 Å². The number of hydrogen-bond donors (Lipinski definition) is 2. The molecule has 0 heterocycles. The Bertz CT molecular complexity index is 533. The number of benzene rings is 1. The summed E-state index contributed by atoms with van der Waals surface area (Å²) in [5, 5.41) is 5.97. The zero-order valence-corrected chi connectivity index (χ0v) is 12.9. The van der Waals surface area contributed by atoms with Crippen LogP contribution in [0.1, 0.15) is 24.0 Å². The molecule has 0 atom stereocenters. The summed E-state index contributed by atoms with van der Waals surface area (Å²) in [7, 11) is 0. The highest BCUT2D eigenvalue weighted by Gasteiger charge is 2.23. The number of carbonyl (C=O) groups is 2. The molecule has 0 aromatic heterocycles. The molecule has 6 heteroatoms. The molecule has 0 spiro atoms. The molecule has 1 aliphatic carbocycles. The molecular weight excluding hydrogens is 292 g/mol. The minimum Gasteiger partial charge on any atom is -0.483 e. The zero-order valence-electron chi connectivity index (χ0n) is 12.2. The fourth-order valence-corrected chi connectivity index (χ4v) is 2.33. The maximum absolute atomic E-state index is 11.7. The van der Waals surface area contributed by atoms with Crippen molar-refractivity contribution in [3.63, 3.8) is 0 Å². The van der Waals surface area contributed by atoms with Gasteiger partial charge >= 0.3 is 0 Å². The maximum Gasteiger partial charge on any atom is 0.258 e. The average Bonchev–Trinajstić information content (AvgIpc) is 3.19. The van der Waals surface area contributed by atoms with Gasteiger partial charge in [0.1, 0.15) is 5.75 Å². The standard InChI is InChI=1S/C15H19ClN2O3/c1-9-5-11(16)6-10(2)15(9)21-8-14(20)17-7-13(19)18-12-3-4-12/h5-6,12H,3-4,7-8H2,1-2H3,(H,17,20)(H,18,19). The van der Waals surface area contributed by atoms with Gasteiger partial charge in [-0.25, -0.2) is 0 Å². The molecule has 21 heavy (non-hydrogen) atoms. The summed E-state index contributed by atoms with van der Waals surface area (Å²) in [6, 6.07) is 3.86. The van der Waals surface area contributed by atoms with Crippen LogP contribution in [0.3, 0.4) is 0 Å². The number of ether oxygens (including phenoxy) is 1. The van der Waals surface area contributed by atoms with Gasteiger partial charge in [0.2, 0.25) is 5.91 Å². The normalized spacial score (nSPS) is 13.7. The largest absolute Gasteiger partial charge is 0.483 e. The first-order valence-electron chi connectivity index (χ1n) is 6.91. The molecule has 0 saturated heterocycles. The molecule has 1 aromatic carbocycles. The van der Waals surface area contributed by atoms with E-state index in [2.05, 4.69) is 10.6 Å². The first kappa shape index (κ1) is 15.6. The molecule has 1 fully saturated rings. The van der Waals surface area contributed by atoms with Crippen LogP contribution in [0.25, 0.3) is 0 Å². The van der Waals surface area contributed by atoms with Crippen LogP contribution in [0.2, 0.25) is 5.02 Å². The van der Waals surface area contributed by atoms with Gasteiger partial charge in [0.05, 0.1) is 6.54 Å². The molecule has 2 amide bonds. The predicted molar refractivity (Wildman–Crippen MR) is 80.6 cm³/mol. The van der Waals surface area contributed by atoms with Crippen molar-refractivity contribution in [1.29, 1.82) is 0 Å². The number of carbonyl (C=O) groups excluding carboxylic acids is 2. The Kier molecular flexibility index (Phi) is 5.07. The highest BCUT2D eigenvalue weighted by atomic mass is 35.5. The Morgan fingerprint density at radius 1 is 1.24 bits per heavy atom. The highest BCUT2D eigenvalue weighted by molar-refractivity contribution is 6.30. The van der Waals surface area contributed by atoms with E-state index in [4.69, 9.17) is 16.3 Å². The minimum atomic E-state index is -0.324. The molecule has 0 aliphatic heterocycles. The summed E-state index contributed by atoms with van der Waals surface area (Å²) < 4.78 is 5.51. The van der Waals surface area contributed by atoms with Crippen LogP contribution in [-0.2, 0) is 9.59 Å². The van der Waals surface area contributed by atoms with Crippen molar-refractivity contribution in [2.45, 2.75) is 32.7 Å². The lowest BCUT2D eigenvalue weighted by atomic mass is 10.1. The second kappa shape index (κ2) is 6.80. The van der Waals surface area contributed by atoms with E-state index in [1.54, 1.807) is 12.1 Å². The molecule has 1 aliphatic rings. The molecule has 0 bridgehead atoms. The van der Waals surface area contributed by atoms with Gasteiger partial charge in [-0.2, -0.15) is 0 Å². The van der Waals surface area contributed by atoms with Crippen LogP contribution in [0.15, 0.2) is 12.1 Å². The number of amides is 2. The number of aryl methyl sites for hydroxylation is 2. The Hall–Kier alpha value is -1.75. The van der Waals surface area contributed by atoms with E-state index in [1.807, 2.05) is 13.8 Å². The molecule has 5 nitrogen and oxygen atoms in total. The molecule has 0 unspecified atom stereocenters. The Morgan fingerprint density at radius 3 is 2.43 bits per heavy atom. The fraction of sp³-hybridized carbons (Fsp3) is 0.467. The van der Waals surface area contributed by atoms with Crippen LogP contribution >= 0.6 is 11.6 Å². The fourth-order valence-electron chi connectivity index (χ4n) is 2.00. The third kappa shape index (κ3) is 4.93. The van der Waals surface area contributed by atoms with E-state index >= 15 is 0 Å². The molecule has 2 rings (SSSR count). The van der Waals surface area contributed by atoms with Gasteiger partial charge in [0.25, 0.3) is 5.91 Å². The molecule has 0 radical (unpaired) electrons. The monoisotopic (exact) mass is 310 g/mol. The van der Waals surface area contributed by atoms with Crippen LogP contribution in [-0.4, -0.2) is 31.0 Å². The van der Waals surface area contributed by atoms with Crippen molar-refractivity contribution in [2.24, 2.45) is 0 Å². The number of halogens is 1. The topological polar surface area (TPSA) is 67.4 Å². The van der Waals surface area contributed by atoms with Gasteiger partial charge in [0, 0.05) is 11.1 Å². The van der Waals surface area contributed by atoms with E-state index < -0.39 is 0 Å². The minimum absolute atomic E-state index is 0.0166. The van der Waals surface area contributed by atoms with Crippen molar-refractivity contribution < 1.29 is 14.3 Å². The summed E-state index contributed by atoms with van der Waals surface area (Å²) in [4.78, 5) is 23.1. The summed E-state index contributed by atoms with van der Waals surface area (Å²) in [6.45, 7) is 3.60. The Morgan fingerprint density at radius 2 is 1.86 bits per heavy atom. The van der Waals surface area contributed by atoms with E-state index in [9.17, 15) is 9.59 Å². The van der Waals surface area contributed by atoms with Crippen LogP contribution < -0.4 is 15.4 Å². The van der Waals surface area contributed by atoms with E-state index in [1.165, 1.54) is 0 Å². The number of rotatable bonds is 6. The number of hydrogen-bond acceptors (Lipinski definition) is 3. The van der Waals surface area contributed by atoms with E-state index in [-0.39, 0.29) is 25.0 Å². The summed E-state index contributed by atoms with van der Waals surface area (Å²) in [5.41, 5.74) is 1.75. The zero-order chi connectivity index (χ0) is 15.4. The van der Waals surface area contributed by atoms with Crippen LogP contribution in [0.4, 0.5) is 0 Å². The van der Waals surface area contributed by atoms with Crippen LogP contribution in [0, 0.1) is 13.8 Å². The lowest BCUT2D eigenvalue weighted by Crippen LogP contribution is -2.39.